The molecule has 3 aromatic rings. The van der Waals surface area contributed by atoms with Gasteiger partial charge in [-0.05, 0) is 35.0 Å². The molecule has 3 rings (SSSR count). The predicted molar refractivity (Wildman–Crippen MR) is 88.4 cm³/mol. The van der Waals surface area contributed by atoms with E-state index in [0.29, 0.717) is 28.4 Å². The lowest BCUT2D eigenvalue weighted by Crippen LogP contribution is -2.02. The van der Waals surface area contributed by atoms with Gasteiger partial charge in [0.25, 0.3) is 0 Å². The van der Waals surface area contributed by atoms with Crippen molar-refractivity contribution >= 4 is 11.8 Å². The number of tetrazole rings is 1. The van der Waals surface area contributed by atoms with Crippen LogP contribution in [0.2, 0.25) is 0 Å². The Hall–Kier alpha value is -2.42. The molecule has 0 bridgehead atoms. The Kier molecular flexibility index (Phi) is 4.79. The van der Waals surface area contributed by atoms with Crippen LogP contribution >= 0.6 is 11.8 Å². The van der Waals surface area contributed by atoms with Crippen molar-refractivity contribution in [1.29, 1.82) is 0 Å². The van der Waals surface area contributed by atoms with Gasteiger partial charge in [0, 0.05) is 5.92 Å². The van der Waals surface area contributed by atoms with Gasteiger partial charge in [-0.15, -0.1) is 15.3 Å². The normalized spacial score (nSPS) is 11.2. The molecule has 8 nitrogen and oxygen atoms in total. The third-order valence-electron chi connectivity index (χ3n) is 3.30. The van der Waals surface area contributed by atoms with Crippen LogP contribution in [0.5, 0.6) is 5.75 Å². The van der Waals surface area contributed by atoms with Crippen molar-refractivity contribution in [3.63, 3.8) is 0 Å². The fraction of sp³-hybridized carbons (Fsp3) is 0.400. The molecule has 0 N–H and O–H groups in total. The first-order valence-corrected chi connectivity index (χ1v) is 8.45. The molecule has 0 saturated heterocycles. The highest BCUT2D eigenvalue weighted by Gasteiger charge is 2.16. The summed E-state index contributed by atoms with van der Waals surface area (Å²) in [7, 11) is 1.62. The van der Waals surface area contributed by atoms with Gasteiger partial charge in [-0.3, -0.25) is 0 Å². The molecule has 1 aromatic carbocycles. The fourth-order valence-corrected chi connectivity index (χ4v) is 2.79. The van der Waals surface area contributed by atoms with Gasteiger partial charge in [-0.2, -0.15) is 4.68 Å². The van der Waals surface area contributed by atoms with Crippen LogP contribution in [0, 0.1) is 6.92 Å². The van der Waals surface area contributed by atoms with Crippen molar-refractivity contribution in [2.45, 2.75) is 37.6 Å². The van der Waals surface area contributed by atoms with Crippen molar-refractivity contribution in [3.8, 4) is 11.4 Å². The number of hydrogen-bond acceptors (Lipinski definition) is 8. The smallest absolute Gasteiger partial charge is 0.226 e. The first-order valence-electron chi connectivity index (χ1n) is 7.47. The molecule has 0 radical (unpaired) electrons. The fourth-order valence-electron chi connectivity index (χ4n) is 2.07. The molecule has 0 saturated carbocycles. The van der Waals surface area contributed by atoms with Crippen LogP contribution in [0.15, 0.2) is 27.8 Å². The SMILES string of the molecule is COc1ccc(C)cc1-n1nnnc1SCc1nnc(C(C)C)o1. The minimum Gasteiger partial charge on any atom is -0.494 e. The van der Waals surface area contributed by atoms with Crippen LogP contribution in [0.1, 0.15) is 37.1 Å². The maximum atomic E-state index is 5.61. The van der Waals surface area contributed by atoms with E-state index in [1.807, 2.05) is 39.0 Å². The molecule has 9 heteroatoms. The summed E-state index contributed by atoms with van der Waals surface area (Å²) >= 11 is 1.43. The number of methoxy groups -OCH3 is 1. The maximum absolute atomic E-state index is 5.61. The highest BCUT2D eigenvalue weighted by atomic mass is 32.2. The number of ether oxygens (including phenoxy) is 1. The lowest BCUT2D eigenvalue weighted by Gasteiger charge is -2.09. The topological polar surface area (TPSA) is 91.8 Å². The summed E-state index contributed by atoms with van der Waals surface area (Å²) in [6, 6.07) is 5.85. The van der Waals surface area contributed by atoms with E-state index in [-0.39, 0.29) is 5.92 Å². The summed E-state index contributed by atoms with van der Waals surface area (Å²) in [5, 5.41) is 20.6. The van der Waals surface area contributed by atoms with Crippen LogP contribution < -0.4 is 4.74 Å². The summed E-state index contributed by atoms with van der Waals surface area (Å²) in [5.41, 5.74) is 1.88. The van der Waals surface area contributed by atoms with E-state index in [1.165, 1.54) is 11.8 Å². The van der Waals surface area contributed by atoms with Gasteiger partial charge in [0.1, 0.15) is 11.4 Å². The third-order valence-corrected chi connectivity index (χ3v) is 4.21. The van der Waals surface area contributed by atoms with E-state index in [1.54, 1.807) is 11.8 Å². The largest absolute Gasteiger partial charge is 0.494 e. The summed E-state index contributed by atoms with van der Waals surface area (Å²) in [4.78, 5) is 0. The molecule has 2 heterocycles. The van der Waals surface area contributed by atoms with E-state index in [4.69, 9.17) is 9.15 Å². The Morgan fingerprint density at radius 3 is 2.79 bits per heavy atom. The molecular formula is C15H18N6O2S. The Labute approximate surface area is 143 Å². The standard InChI is InChI=1S/C15H18N6O2S/c1-9(2)14-17-16-13(23-14)8-24-15-18-19-20-21(15)11-7-10(3)5-6-12(11)22-4/h5-7,9H,8H2,1-4H3. The molecule has 0 unspecified atom stereocenters. The molecule has 0 aliphatic heterocycles. The van der Waals surface area contributed by atoms with Crippen molar-refractivity contribution < 1.29 is 9.15 Å². The minimum atomic E-state index is 0.207. The second-order valence-electron chi connectivity index (χ2n) is 5.53. The molecule has 0 aliphatic carbocycles. The average Bonchev–Trinajstić information content (AvgIpc) is 3.22. The van der Waals surface area contributed by atoms with Crippen molar-refractivity contribution in [2.75, 3.05) is 7.11 Å². The zero-order valence-electron chi connectivity index (χ0n) is 13.9. The number of aryl methyl sites for hydroxylation is 1. The number of nitrogens with zero attached hydrogens (tertiary/aromatic N) is 6. The van der Waals surface area contributed by atoms with Gasteiger partial charge >= 0.3 is 0 Å². The zero-order valence-corrected chi connectivity index (χ0v) is 14.7. The van der Waals surface area contributed by atoms with Crippen LogP contribution in [0.4, 0.5) is 0 Å². The second kappa shape index (κ2) is 7.00. The Bertz CT molecular complexity index is 829. The average molecular weight is 346 g/mol. The quantitative estimate of drug-likeness (QED) is 0.629. The Morgan fingerprint density at radius 1 is 1.25 bits per heavy atom. The zero-order chi connectivity index (χ0) is 17.1. The van der Waals surface area contributed by atoms with Crippen molar-refractivity contribution in [3.05, 3.63) is 35.5 Å². The summed E-state index contributed by atoms with van der Waals surface area (Å²) in [5.74, 6) is 2.58. The number of benzene rings is 1. The Morgan fingerprint density at radius 2 is 2.08 bits per heavy atom. The highest BCUT2D eigenvalue weighted by Crippen LogP contribution is 2.28. The molecule has 126 valence electrons. The minimum absolute atomic E-state index is 0.207. The van der Waals surface area contributed by atoms with Gasteiger partial charge in [0.05, 0.1) is 12.9 Å². The molecule has 2 aromatic heterocycles. The van der Waals surface area contributed by atoms with E-state index >= 15 is 0 Å². The monoisotopic (exact) mass is 346 g/mol. The number of rotatable bonds is 6. The molecule has 0 spiro atoms. The molecule has 0 fully saturated rings. The lowest BCUT2D eigenvalue weighted by atomic mass is 10.2. The van der Waals surface area contributed by atoms with Crippen LogP contribution in [-0.4, -0.2) is 37.5 Å². The molecule has 0 aliphatic rings. The third kappa shape index (κ3) is 3.40. The summed E-state index contributed by atoms with van der Waals surface area (Å²) < 4.78 is 12.7. The van der Waals surface area contributed by atoms with E-state index in [9.17, 15) is 0 Å². The van der Waals surface area contributed by atoms with Gasteiger partial charge < -0.3 is 9.15 Å². The highest BCUT2D eigenvalue weighted by molar-refractivity contribution is 7.98. The maximum Gasteiger partial charge on any atom is 0.226 e. The van der Waals surface area contributed by atoms with Crippen molar-refractivity contribution in [1.82, 2.24) is 30.4 Å². The van der Waals surface area contributed by atoms with Crippen LogP contribution in [-0.2, 0) is 5.75 Å². The van der Waals surface area contributed by atoms with Crippen LogP contribution in [0.3, 0.4) is 0 Å². The molecule has 0 amide bonds. The summed E-state index contributed by atoms with van der Waals surface area (Å²) in [6.45, 7) is 6.02. The Balaban J connectivity index is 1.82. The first kappa shape index (κ1) is 16.4. The number of thioether (sulfide) groups is 1. The van der Waals surface area contributed by atoms with Gasteiger partial charge in [-0.1, -0.05) is 31.7 Å². The van der Waals surface area contributed by atoms with E-state index < -0.39 is 0 Å². The van der Waals surface area contributed by atoms with E-state index in [2.05, 4.69) is 25.7 Å². The van der Waals surface area contributed by atoms with Crippen LogP contribution in [0.25, 0.3) is 5.69 Å². The summed E-state index contributed by atoms with van der Waals surface area (Å²) in [6.07, 6.45) is 0. The second-order valence-corrected chi connectivity index (χ2v) is 6.47. The lowest BCUT2D eigenvalue weighted by molar-refractivity contribution is 0.410. The van der Waals surface area contributed by atoms with Crippen molar-refractivity contribution in [2.24, 2.45) is 0 Å². The predicted octanol–water partition coefficient (Wildman–Crippen LogP) is 2.78. The number of aromatic nitrogens is 6. The first-order chi connectivity index (χ1) is 11.6. The van der Waals surface area contributed by atoms with E-state index in [0.717, 1.165) is 11.3 Å². The molecule has 0 atom stereocenters. The molecule has 24 heavy (non-hydrogen) atoms. The molecular weight excluding hydrogens is 328 g/mol. The van der Waals surface area contributed by atoms with Gasteiger partial charge in [-0.25, -0.2) is 0 Å². The number of hydrogen-bond donors (Lipinski definition) is 0. The van der Waals surface area contributed by atoms with Gasteiger partial charge in [0.2, 0.25) is 16.9 Å². The van der Waals surface area contributed by atoms with Gasteiger partial charge in [0.15, 0.2) is 0 Å².